The molecule has 0 saturated carbocycles. The van der Waals surface area contributed by atoms with Gasteiger partial charge in [0, 0.05) is 0 Å². The fourth-order valence-corrected chi connectivity index (χ4v) is 3.10. The number of nitrogen functional groups attached to an aromatic ring is 1. The zero-order chi connectivity index (χ0) is 11.2. The highest BCUT2D eigenvalue weighted by atomic mass is 32.2. The van der Waals surface area contributed by atoms with Crippen LogP contribution in [0.15, 0.2) is 17.0 Å². The standard InChI is InChI=1S/C8H8N2O3S2/c1-4-2-3-5-6(10-8(9)14-5)7(4)15(11,12)13/h2-3H,1H3,(H2,9,10)(H,11,12,13). The predicted molar refractivity (Wildman–Crippen MR) is 58.6 cm³/mol. The maximum atomic E-state index is 11.2. The number of fused-ring (bicyclic) bond motifs is 1. The molecule has 2 rings (SSSR count). The highest BCUT2D eigenvalue weighted by molar-refractivity contribution is 7.86. The van der Waals surface area contributed by atoms with Gasteiger partial charge in [-0.2, -0.15) is 8.42 Å². The molecule has 0 unspecified atom stereocenters. The minimum atomic E-state index is -4.26. The molecule has 80 valence electrons. The largest absolute Gasteiger partial charge is 0.375 e. The number of rotatable bonds is 1. The Labute approximate surface area is 90.3 Å². The molecule has 1 aromatic carbocycles. The summed E-state index contributed by atoms with van der Waals surface area (Å²) in [6.07, 6.45) is 0. The van der Waals surface area contributed by atoms with Gasteiger partial charge in [0.2, 0.25) is 0 Å². The Bertz CT molecular complexity index is 631. The van der Waals surface area contributed by atoms with E-state index in [-0.39, 0.29) is 15.5 Å². The van der Waals surface area contributed by atoms with Crippen molar-refractivity contribution in [2.24, 2.45) is 0 Å². The number of thiazole rings is 1. The van der Waals surface area contributed by atoms with Gasteiger partial charge in [-0.25, -0.2) is 4.98 Å². The van der Waals surface area contributed by atoms with E-state index in [4.69, 9.17) is 10.3 Å². The summed E-state index contributed by atoms with van der Waals surface area (Å²) < 4.78 is 32.0. The summed E-state index contributed by atoms with van der Waals surface area (Å²) in [5.41, 5.74) is 6.17. The number of nitrogens with zero attached hydrogens (tertiary/aromatic N) is 1. The Morgan fingerprint density at radius 3 is 2.73 bits per heavy atom. The van der Waals surface area contributed by atoms with Crippen molar-refractivity contribution in [3.05, 3.63) is 17.7 Å². The zero-order valence-corrected chi connectivity index (χ0v) is 9.39. The molecule has 0 bridgehead atoms. The van der Waals surface area contributed by atoms with Gasteiger partial charge in [0.05, 0.1) is 4.70 Å². The minimum Gasteiger partial charge on any atom is -0.375 e. The molecule has 15 heavy (non-hydrogen) atoms. The summed E-state index contributed by atoms with van der Waals surface area (Å²) in [5.74, 6) is 0. The van der Waals surface area contributed by atoms with Crippen molar-refractivity contribution in [1.29, 1.82) is 0 Å². The lowest BCUT2D eigenvalue weighted by atomic mass is 10.2. The molecule has 5 nitrogen and oxygen atoms in total. The van der Waals surface area contributed by atoms with Crippen molar-refractivity contribution in [2.75, 3.05) is 5.73 Å². The number of nitrogens with two attached hydrogens (primary N) is 1. The first-order valence-corrected chi connectivity index (χ1v) is 6.28. The van der Waals surface area contributed by atoms with Crippen LogP contribution in [-0.4, -0.2) is 18.0 Å². The normalized spacial score (nSPS) is 12.1. The lowest BCUT2D eigenvalue weighted by Gasteiger charge is -2.01. The van der Waals surface area contributed by atoms with Crippen LogP contribution in [0.4, 0.5) is 5.13 Å². The van der Waals surface area contributed by atoms with Gasteiger partial charge in [-0.05, 0) is 18.6 Å². The molecule has 2 aromatic rings. The van der Waals surface area contributed by atoms with Crippen molar-refractivity contribution in [1.82, 2.24) is 4.98 Å². The number of hydrogen-bond donors (Lipinski definition) is 2. The fourth-order valence-electron chi connectivity index (χ4n) is 1.41. The van der Waals surface area contributed by atoms with E-state index in [1.807, 2.05) is 0 Å². The Morgan fingerprint density at radius 2 is 2.13 bits per heavy atom. The molecule has 7 heteroatoms. The molecule has 3 N–H and O–H groups in total. The molecule has 0 aliphatic heterocycles. The van der Waals surface area contributed by atoms with Crippen LogP contribution in [-0.2, 0) is 10.1 Å². The lowest BCUT2D eigenvalue weighted by Crippen LogP contribution is -2.02. The highest BCUT2D eigenvalue weighted by Gasteiger charge is 2.19. The van der Waals surface area contributed by atoms with Crippen LogP contribution < -0.4 is 5.73 Å². The number of aromatic nitrogens is 1. The number of hydrogen-bond acceptors (Lipinski definition) is 5. The van der Waals surface area contributed by atoms with Gasteiger partial charge in [-0.3, -0.25) is 4.55 Å². The molecule has 0 saturated heterocycles. The first-order valence-electron chi connectivity index (χ1n) is 4.02. The van der Waals surface area contributed by atoms with Gasteiger partial charge in [-0.15, -0.1) is 0 Å². The van der Waals surface area contributed by atoms with Crippen LogP contribution in [0, 0.1) is 6.92 Å². The summed E-state index contributed by atoms with van der Waals surface area (Å²) in [6, 6.07) is 3.34. The van der Waals surface area contributed by atoms with Crippen LogP contribution >= 0.6 is 11.3 Å². The fraction of sp³-hybridized carbons (Fsp3) is 0.125. The third kappa shape index (κ3) is 1.69. The van der Waals surface area contributed by atoms with E-state index in [9.17, 15) is 8.42 Å². The SMILES string of the molecule is Cc1ccc2sc(N)nc2c1S(=O)(=O)O. The second-order valence-electron chi connectivity index (χ2n) is 3.09. The molecular weight excluding hydrogens is 236 g/mol. The lowest BCUT2D eigenvalue weighted by molar-refractivity contribution is 0.483. The Balaban J connectivity index is 2.98. The Hall–Kier alpha value is -1.18. The molecule has 1 aromatic heterocycles. The molecule has 0 fully saturated rings. The topological polar surface area (TPSA) is 93.3 Å². The van der Waals surface area contributed by atoms with E-state index in [2.05, 4.69) is 4.98 Å². The summed E-state index contributed by atoms with van der Waals surface area (Å²) in [4.78, 5) is 3.74. The van der Waals surface area contributed by atoms with Crippen molar-refractivity contribution in [3.8, 4) is 0 Å². The number of aryl methyl sites for hydroxylation is 1. The second-order valence-corrected chi connectivity index (χ2v) is 5.51. The van der Waals surface area contributed by atoms with Gasteiger partial charge in [-0.1, -0.05) is 17.4 Å². The first kappa shape index (κ1) is 10.3. The third-order valence-electron chi connectivity index (χ3n) is 1.99. The van der Waals surface area contributed by atoms with Crippen molar-refractivity contribution in [2.45, 2.75) is 11.8 Å². The van der Waals surface area contributed by atoms with Gasteiger partial charge in [0.25, 0.3) is 10.1 Å². The number of anilines is 1. The summed E-state index contributed by atoms with van der Waals surface area (Å²) >= 11 is 1.18. The van der Waals surface area contributed by atoms with Crippen molar-refractivity contribution in [3.63, 3.8) is 0 Å². The molecule has 0 radical (unpaired) electrons. The average Bonchev–Trinajstić information content (AvgIpc) is 2.41. The number of benzene rings is 1. The maximum absolute atomic E-state index is 11.2. The third-order valence-corrected chi connectivity index (χ3v) is 3.87. The molecule has 0 spiro atoms. The van der Waals surface area contributed by atoms with E-state index in [1.54, 1.807) is 19.1 Å². The predicted octanol–water partition coefficient (Wildman–Crippen LogP) is 1.43. The van der Waals surface area contributed by atoms with E-state index < -0.39 is 10.1 Å². The Kier molecular flexibility index (Phi) is 2.18. The van der Waals surface area contributed by atoms with Crippen molar-refractivity contribution < 1.29 is 13.0 Å². The van der Waals surface area contributed by atoms with Crippen LogP contribution in [0.3, 0.4) is 0 Å². The molecule has 0 aliphatic carbocycles. The van der Waals surface area contributed by atoms with Crippen LogP contribution in [0.2, 0.25) is 0 Å². The molecular formula is C8H8N2O3S2. The van der Waals surface area contributed by atoms with Crippen molar-refractivity contribution >= 4 is 36.8 Å². The molecule has 0 amide bonds. The van der Waals surface area contributed by atoms with E-state index in [0.717, 1.165) is 0 Å². The smallest absolute Gasteiger partial charge is 0.296 e. The average molecular weight is 244 g/mol. The zero-order valence-electron chi connectivity index (χ0n) is 7.76. The summed E-state index contributed by atoms with van der Waals surface area (Å²) in [5, 5.41) is 0.278. The highest BCUT2D eigenvalue weighted by Crippen LogP contribution is 2.30. The minimum absolute atomic E-state index is 0.159. The molecule has 0 aliphatic rings. The quantitative estimate of drug-likeness (QED) is 0.740. The van der Waals surface area contributed by atoms with Gasteiger partial charge >= 0.3 is 0 Å². The monoisotopic (exact) mass is 244 g/mol. The summed E-state index contributed by atoms with van der Waals surface area (Å²) in [7, 11) is -4.26. The molecule has 1 heterocycles. The van der Waals surface area contributed by atoms with E-state index >= 15 is 0 Å². The first-order chi connectivity index (χ1) is 6.89. The van der Waals surface area contributed by atoms with Gasteiger partial charge in [0.15, 0.2) is 5.13 Å². The van der Waals surface area contributed by atoms with Gasteiger partial charge in [0.1, 0.15) is 10.4 Å². The van der Waals surface area contributed by atoms with Crippen LogP contribution in [0.1, 0.15) is 5.56 Å². The Morgan fingerprint density at radius 1 is 1.47 bits per heavy atom. The van der Waals surface area contributed by atoms with Crippen LogP contribution in [0.25, 0.3) is 10.2 Å². The molecule has 0 atom stereocenters. The summed E-state index contributed by atoms with van der Waals surface area (Å²) in [6.45, 7) is 1.60. The van der Waals surface area contributed by atoms with E-state index in [1.165, 1.54) is 11.3 Å². The maximum Gasteiger partial charge on any atom is 0.296 e. The van der Waals surface area contributed by atoms with Crippen LogP contribution in [0.5, 0.6) is 0 Å². The van der Waals surface area contributed by atoms with Gasteiger partial charge < -0.3 is 5.73 Å². The van der Waals surface area contributed by atoms with E-state index in [0.29, 0.717) is 10.3 Å². The second kappa shape index (κ2) is 3.16.